The number of rotatable bonds is 9. The molecule has 0 radical (unpaired) electrons. The lowest BCUT2D eigenvalue weighted by Crippen LogP contribution is -2.41. The first-order valence-corrected chi connectivity index (χ1v) is 7.75. The van der Waals surface area contributed by atoms with E-state index in [1.807, 2.05) is 27.7 Å². The number of sulfonamides is 1. The largest absolute Gasteiger partial charge is 0.378 e. The normalized spacial score (nSPS) is 14.5. The van der Waals surface area contributed by atoms with Crippen LogP contribution < -0.4 is 10.5 Å². The van der Waals surface area contributed by atoms with Gasteiger partial charge in [-0.25, -0.2) is 13.1 Å². The maximum Gasteiger partial charge on any atom is 0.214 e. The Morgan fingerprint density at radius 3 is 2.24 bits per heavy atom. The molecule has 5 nitrogen and oxygen atoms in total. The third kappa shape index (κ3) is 8.54. The lowest BCUT2D eigenvalue weighted by atomic mass is 10.0. The molecule has 0 fully saturated rings. The smallest absolute Gasteiger partial charge is 0.214 e. The number of hydrogen-bond donors (Lipinski definition) is 2. The van der Waals surface area contributed by atoms with Crippen LogP contribution in [0, 0.1) is 5.92 Å². The molecule has 0 bridgehead atoms. The van der Waals surface area contributed by atoms with Gasteiger partial charge in [0, 0.05) is 6.04 Å². The molecule has 6 heteroatoms. The lowest BCUT2D eigenvalue weighted by Gasteiger charge is -2.21. The molecule has 3 N–H and O–H groups in total. The average molecular weight is 266 g/mol. The molecular weight excluding hydrogens is 240 g/mol. The summed E-state index contributed by atoms with van der Waals surface area (Å²) in [6.07, 6.45) is 0.706. The van der Waals surface area contributed by atoms with Crippen molar-refractivity contribution < 1.29 is 13.2 Å². The molecule has 0 rings (SSSR count). The van der Waals surface area contributed by atoms with E-state index in [4.69, 9.17) is 10.5 Å². The van der Waals surface area contributed by atoms with Gasteiger partial charge >= 0.3 is 0 Å². The van der Waals surface area contributed by atoms with Crippen LogP contribution in [0.5, 0.6) is 0 Å². The van der Waals surface area contributed by atoms with E-state index in [-0.39, 0.29) is 30.4 Å². The van der Waals surface area contributed by atoms with Crippen LogP contribution in [0.4, 0.5) is 0 Å². The van der Waals surface area contributed by atoms with E-state index in [0.717, 1.165) is 0 Å². The Balaban J connectivity index is 4.21. The highest BCUT2D eigenvalue weighted by Gasteiger charge is 2.19. The first-order chi connectivity index (χ1) is 7.78. The van der Waals surface area contributed by atoms with E-state index < -0.39 is 10.0 Å². The van der Waals surface area contributed by atoms with E-state index in [2.05, 4.69) is 4.72 Å². The minimum Gasteiger partial charge on any atom is -0.378 e. The zero-order valence-electron chi connectivity index (χ0n) is 11.3. The minimum absolute atomic E-state index is 0.00102. The molecule has 0 aromatic carbocycles. The van der Waals surface area contributed by atoms with Gasteiger partial charge in [-0.3, -0.25) is 0 Å². The van der Waals surface area contributed by atoms with Gasteiger partial charge in [-0.1, -0.05) is 13.8 Å². The molecule has 0 aromatic heterocycles. The molecule has 0 saturated heterocycles. The van der Waals surface area contributed by atoms with Crippen molar-refractivity contribution in [1.82, 2.24) is 4.72 Å². The fraction of sp³-hybridized carbons (Fsp3) is 1.00. The topological polar surface area (TPSA) is 81.4 Å². The Morgan fingerprint density at radius 1 is 1.24 bits per heavy atom. The van der Waals surface area contributed by atoms with Crippen LogP contribution in [0.25, 0.3) is 0 Å². The third-order valence-corrected chi connectivity index (χ3v) is 3.78. The van der Waals surface area contributed by atoms with Gasteiger partial charge in [0.25, 0.3) is 0 Å². The Hall–Kier alpha value is -0.170. The molecule has 17 heavy (non-hydrogen) atoms. The van der Waals surface area contributed by atoms with Crippen molar-refractivity contribution in [3.63, 3.8) is 0 Å². The fourth-order valence-electron chi connectivity index (χ4n) is 1.39. The van der Waals surface area contributed by atoms with E-state index in [0.29, 0.717) is 13.0 Å². The maximum atomic E-state index is 11.8. The molecular formula is C11H26N2O3S. The summed E-state index contributed by atoms with van der Waals surface area (Å²) < 4.78 is 31.5. The summed E-state index contributed by atoms with van der Waals surface area (Å²) in [6, 6.07) is -0.0935. The van der Waals surface area contributed by atoms with Crippen molar-refractivity contribution in [1.29, 1.82) is 0 Å². The van der Waals surface area contributed by atoms with E-state index in [1.165, 1.54) is 0 Å². The summed E-state index contributed by atoms with van der Waals surface area (Å²) in [5.74, 6) is 0.234. The standard InChI is InChI=1S/C11H26N2O3S/c1-9(2)11(5-6-12)13-17(14,15)8-7-16-10(3)4/h9-11,13H,5-8,12H2,1-4H3. The van der Waals surface area contributed by atoms with Crippen molar-refractivity contribution >= 4 is 10.0 Å². The van der Waals surface area contributed by atoms with Crippen molar-refractivity contribution in [3.05, 3.63) is 0 Å². The second-order valence-electron chi connectivity index (χ2n) is 4.78. The Bertz CT molecular complexity index is 289. The van der Waals surface area contributed by atoms with Gasteiger partial charge in [0.2, 0.25) is 10.0 Å². The van der Waals surface area contributed by atoms with Crippen molar-refractivity contribution in [2.24, 2.45) is 11.7 Å². The molecule has 0 aromatic rings. The maximum absolute atomic E-state index is 11.8. The van der Waals surface area contributed by atoms with Gasteiger partial charge in [-0.2, -0.15) is 0 Å². The number of ether oxygens (including phenoxy) is 1. The quantitative estimate of drug-likeness (QED) is 0.644. The predicted octanol–water partition coefficient (Wildman–Crippen LogP) is 0.704. The molecule has 0 aliphatic rings. The number of nitrogens with two attached hydrogens (primary N) is 1. The van der Waals surface area contributed by atoms with Gasteiger partial charge in [-0.15, -0.1) is 0 Å². The van der Waals surface area contributed by atoms with E-state index in [1.54, 1.807) is 0 Å². The first-order valence-electron chi connectivity index (χ1n) is 6.10. The van der Waals surface area contributed by atoms with Crippen LogP contribution in [-0.2, 0) is 14.8 Å². The van der Waals surface area contributed by atoms with Crippen LogP contribution in [0.1, 0.15) is 34.1 Å². The molecule has 0 spiro atoms. The summed E-state index contributed by atoms with van der Waals surface area (Å²) in [7, 11) is -3.27. The van der Waals surface area contributed by atoms with Crippen LogP contribution >= 0.6 is 0 Å². The van der Waals surface area contributed by atoms with Gasteiger partial charge in [0.15, 0.2) is 0 Å². The van der Waals surface area contributed by atoms with Crippen LogP contribution in [-0.4, -0.2) is 39.5 Å². The number of nitrogens with one attached hydrogen (secondary N) is 1. The second-order valence-corrected chi connectivity index (χ2v) is 6.66. The SMILES string of the molecule is CC(C)OCCS(=O)(=O)NC(CCN)C(C)C. The molecule has 1 atom stereocenters. The highest BCUT2D eigenvalue weighted by molar-refractivity contribution is 7.89. The highest BCUT2D eigenvalue weighted by atomic mass is 32.2. The summed E-state index contributed by atoms with van der Waals surface area (Å²) in [5, 5.41) is 0. The second kappa shape index (κ2) is 8.02. The van der Waals surface area contributed by atoms with E-state index in [9.17, 15) is 8.42 Å². The molecule has 0 aliphatic heterocycles. The zero-order valence-corrected chi connectivity index (χ0v) is 12.1. The molecule has 104 valence electrons. The molecule has 0 heterocycles. The molecule has 1 unspecified atom stereocenters. The van der Waals surface area contributed by atoms with Crippen molar-refractivity contribution in [2.75, 3.05) is 18.9 Å². The molecule has 0 aliphatic carbocycles. The van der Waals surface area contributed by atoms with E-state index >= 15 is 0 Å². The van der Waals surface area contributed by atoms with Crippen LogP contribution in [0.2, 0.25) is 0 Å². The predicted molar refractivity (Wildman–Crippen MR) is 70.3 cm³/mol. The van der Waals surface area contributed by atoms with Crippen molar-refractivity contribution in [2.45, 2.75) is 46.3 Å². The van der Waals surface area contributed by atoms with Crippen molar-refractivity contribution in [3.8, 4) is 0 Å². The van der Waals surface area contributed by atoms with Gasteiger partial charge in [0.05, 0.1) is 18.5 Å². The summed E-state index contributed by atoms with van der Waals surface area (Å²) in [5.41, 5.74) is 5.47. The Labute approximate surface area is 105 Å². The third-order valence-electron chi connectivity index (χ3n) is 2.42. The number of hydrogen-bond acceptors (Lipinski definition) is 4. The summed E-state index contributed by atoms with van der Waals surface area (Å²) in [6.45, 7) is 8.42. The van der Waals surface area contributed by atoms with Crippen LogP contribution in [0.15, 0.2) is 0 Å². The average Bonchev–Trinajstić information content (AvgIpc) is 2.15. The summed E-state index contributed by atoms with van der Waals surface area (Å²) in [4.78, 5) is 0. The van der Waals surface area contributed by atoms with Crippen LogP contribution in [0.3, 0.4) is 0 Å². The van der Waals surface area contributed by atoms with Gasteiger partial charge < -0.3 is 10.5 Å². The summed E-state index contributed by atoms with van der Waals surface area (Å²) >= 11 is 0. The van der Waals surface area contributed by atoms with Gasteiger partial charge in [0.1, 0.15) is 0 Å². The molecule has 0 saturated carbocycles. The molecule has 0 amide bonds. The zero-order chi connectivity index (χ0) is 13.5. The minimum atomic E-state index is -3.27. The van der Waals surface area contributed by atoms with Gasteiger partial charge in [-0.05, 0) is 32.7 Å². The Kier molecular flexibility index (Phi) is 7.94. The highest BCUT2D eigenvalue weighted by Crippen LogP contribution is 2.07. The Morgan fingerprint density at radius 2 is 1.82 bits per heavy atom. The monoisotopic (exact) mass is 266 g/mol. The lowest BCUT2D eigenvalue weighted by molar-refractivity contribution is 0.0911. The fourth-order valence-corrected chi connectivity index (χ4v) is 2.68. The first kappa shape index (κ1) is 16.8.